The summed E-state index contributed by atoms with van der Waals surface area (Å²) < 4.78 is 79.8. The molecule has 2 N–H and O–H groups in total. The number of alkyl halides is 5. The maximum Gasteiger partial charge on any atom is 0.455 e. The second kappa shape index (κ2) is 4.68. The van der Waals surface area contributed by atoms with E-state index in [0.29, 0.717) is 6.07 Å². The van der Waals surface area contributed by atoms with Gasteiger partial charge in [-0.1, -0.05) is 6.07 Å². The van der Waals surface area contributed by atoms with E-state index in [1.165, 1.54) is 0 Å². The average Bonchev–Trinajstić information content (AvgIpc) is 2.26. The molecule has 0 amide bonds. The van der Waals surface area contributed by atoms with Crippen LogP contribution in [0.1, 0.15) is 11.6 Å². The van der Waals surface area contributed by atoms with Crippen LogP contribution >= 0.6 is 0 Å². The van der Waals surface area contributed by atoms with Gasteiger partial charge in [0.1, 0.15) is 17.6 Å². The van der Waals surface area contributed by atoms with Crippen LogP contribution in [-0.2, 0) is 0 Å². The summed E-state index contributed by atoms with van der Waals surface area (Å²) >= 11 is 0. The molecule has 0 aliphatic heterocycles. The summed E-state index contributed by atoms with van der Waals surface area (Å²) in [5.74, 6) is -6.44. The largest absolute Gasteiger partial charge is 0.496 e. The van der Waals surface area contributed by atoms with Crippen molar-refractivity contribution >= 4 is 0 Å². The maximum atomic E-state index is 13.0. The minimum absolute atomic E-state index is 0.466. The van der Waals surface area contributed by atoms with Gasteiger partial charge in [0.15, 0.2) is 0 Å². The van der Waals surface area contributed by atoms with E-state index in [-0.39, 0.29) is 0 Å². The predicted molar refractivity (Wildman–Crippen MR) is 50.9 cm³/mol. The molecule has 1 aromatic rings. The van der Waals surface area contributed by atoms with Crippen LogP contribution in [0.2, 0.25) is 0 Å². The summed E-state index contributed by atoms with van der Waals surface area (Å²) in [5.41, 5.74) is 4.29. The van der Waals surface area contributed by atoms with Crippen LogP contribution in [0.5, 0.6) is 5.75 Å². The zero-order valence-electron chi connectivity index (χ0n) is 9.06. The molecule has 18 heavy (non-hydrogen) atoms. The first-order valence-corrected chi connectivity index (χ1v) is 4.64. The Bertz CT molecular complexity index is 431. The Labute approximate surface area is 98.3 Å². The predicted octanol–water partition coefficient (Wildman–Crippen LogP) is 3.03. The molecule has 1 aromatic carbocycles. The van der Waals surface area contributed by atoms with Gasteiger partial charge in [-0.25, -0.2) is 4.39 Å². The number of hydrogen-bond donors (Lipinski definition) is 1. The molecule has 0 spiro atoms. The molecule has 2 nitrogen and oxygen atoms in total. The van der Waals surface area contributed by atoms with E-state index in [2.05, 4.69) is 4.74 Å². The Balaban J connectivity index is 3.23. The highest BCUT2D eigenvalue weighted by Crippen LogP contribution is 2.45. The zero-order valence-corrected chi connectivity index (χ0v) is 9.06. The number of methoxy groups -OCH3 is 1. The van der Waals surface area contributed by atoms with Gasteiger partial charge in [-0.3, -0.25) is 0 Å². The van der Waals surface area contributed by atoms with E-state index in [1.54, 1.807) is 0 Å². The van der Waals surface area contributed by atoms with Crippen molar-refractivity contribution in [2.75, 3.05) is 7.11 Å². The lowest BCUT2D eigenvalue weighted by Gasteiger charge is -2.26. The normalized spacial score (nSPS) is 14.4. The average molecular weight is 273 g/mol. The summed E-state index contributed by atoms with van der Waals surface area (Å²) in [6.07, 6.45) is -5.80. The highest BCUT2D eigenvalue weighted by atomic mass is 19.4. The lowest BCUT2D eigenvalue weighted by molar-refractivity contribution is -0.291. The van der Waals surface area contributed by atoms with Crippen LogP contribution < -0.4 is 10.5 Å². The van der Waals surface area contributed by atoms with Gasteiger partial charge < -0.3 is 10.5 Å². The van der Waals surface area contributed by atoms with Gasteiger partial charge in [0.2, 0.25) is 0 Å². The van der Waals surface area contributed by atoms with E-state index in [4.69, 9.17) is 5.73 Å². The van der Waals surface area contributed by atoms with E-state index in [0.717, 1.165) is 19.2 Å². The number of nitrogens with two attached hydrogens (primary N) is 1. The molecule has 0 saturated carbocycles. The Hall–Kier alpha value is -1.44. The Morgan fingerprint density at radius 3 is 2.17 bits per heavy atom. The van der Waals surface area contributed by atoms with Crippen LogP contribution in [0, 0.1) is 5.82 Å². The summed E-state index contributed by atoms with van der Waals surface area (Å²) in [4.78, 5) is 0. The van der Waals surface area contributed by atoms with Crippen LogP contribution in [0.4, 0.5) is 26.3 Å². The lowest BCUT2D eigenvalue weighted by atomic mass is 10.00. The molecule has 1 rings (SSSR count). The van der Waals surface area contributed by atoms with Crippen LogP contribution in [0.3, 0.4) is 0 Å². The molecular formula is C10H9F6NO. The number of halogens is 6. The second-order valence-electron chi connectivity index (χ2n) is 3.48. The highest BCUT2D eigenvalue weighted by molar-refractivity contribution is 5.37. The third kappa shape index (κ3) is 2.53. The summed E-state index contributed by atoms with van der Waals surface area (Å²) in [6, 6.07) is -0.530. The van der Waals surface area contributed by atoms with E-state index >= 15 is 0 Å². The van der Waals surface area contributed by atoms with Crippen molar-refractivity contribution in [3.05, 3.63) is 29.6 Å². The molecule has 0 fully saturated rings. The number of hydrogen-bond acceptors (Lipinski definition) is 2. The molecule has 102 valence electrons. The molecule has 1 atom stereocenters. The van der Waals surface area contributed by atoms with Crippen LogP contribution in [-0.4, -0.2) is 19.2 Å². The Morgan fingerprint density at radius 2 is 1.72 bits per heavy atom. The van der Waals surface area contributed by atoms with Crippen molar-refractivity contribution in [3.63, 3.8) is 0 Å². The minimum atomic E-state index is -5.80. The Morgan fingerprint density at radius 1 is 1.17 bits per heavy atom. The van der Waals surface area contributed by atoms with Gasteiger partial charge in [-0.2, -0.15) is 22.0 Å². The van der Waals surface area contributed by atoms with E-state index < -0.39 is 35.3 Å². The fourth-order valence-electron chi connectivity index (χ4n) is 1.31. The molecule has 0 radical (unpaired) electrons. The van der Waals surface area contributed by atoms with Gasteiger partial charge in [0.25, 0.3) is 0 Å². The molecular weight excluding hydrogens is 264 g/mol. The van der Waals surface area contributed by atoms with Gasteiger partial charge in [-0.05, 0) is 6.07 Å². The lowest BCUT2D eigenvalue weighted by Crippen LogP contribution is -2.45. The molecule has 0 aliphatic carbocycles. The molecule has 0 aromatic heterocycles. The number of ether oxygens (including phenoxy) is 1. The van der Waals surface area contributed by atoms with Crippen molar-refractivity contribution in [1.29, 1.82) is 0 Å². The first-order chi connectivity index (χ1) is 8.11. The van der Waals surface area contributed by atoms with Gasteiger partial charge in [0.05, 0.1) is 7.11 Å². The van der Waals surface area contributed by atoms with Crippen molar-refractivity contribution < 1.29 is 31.1 Å². The van der Waals surface area contributed by atoms with Crippen LogP contribution in [0.25, 0.3) is 0 Å². The third-order valence-corrected chi connectivity index (χ3v) is 2.30. The molecule has 0 saturated heterocycles. The quantitative estimate of drug-likeness (QED) is 0.859. The first-order valence-electron chi connectivity index (χ1n) is 4.64. The topological polar surface area (TPSA) is 35.2 Å². The minimum Gasteiger partial charge on any atom is -0.496 e. The fourth-order valence-corrected chi connectivity index (χ4v) is 1.31. The summed E-state index contributed by atoms with van der Waals surface area (Å²) in [7, 11) is 1.01. The monoisotopic (exact) mass is 273 g/mol. The van der Waals surface area contributed by atoms with Crippen molar-refractivity contribution in [2.24, 2.45) is 5.73 Å². The molecule has 8 heteroatoms. The van der Waals surface area contributed by atoms with Crippen molar-refractivity contribution in [2.45, 2.75) is 18.1 Å². The van der Waals surface area contributed by atoms with E-state index in [9.17, 15) is 26.3 Å². The fraction of sp³-hybridized carbons (Fsp3) is 0.400. The summed E-state index contributed by atoms with van der Waals surface area (Å²) in [5, 5.41) is 0. The highest BCUT2D eigenvalue weighted by Gasteiger charge is 2.62. The van der Waals surface area contributed by atoms with Crippen molar-refractivity contribution in [3.8, 4) is 5.75 Å². The van der Waals surface area contributed by atoms with Crippen LogP contribution in [0.15, 0.2) is 18.2 Å². The second-order valence-corrected chi connectivity index (χ2v) is 3.48. The van der Waals surface area contributed by atoms with Gasteiger partial charge >= 0.3 is 12.1 Å². The molecule has 0 bridgehead atoms. The standard InChI is InChI=1S/C10H9F6NO/c1-18-7-4-5(11)2-3-6(7)8(17)9(12,13)10(14,15)16/h2-4,8H,17H2,1H3/t8-/m1/s1. The Kier molecular flexibility index (Phi) is 3.80. The van der Waals surface area contributed by atoms with Gasteiger partial charge in [-0.15, -0.1) is 0 Å². The smallest absolute Gasteiger partial charge is 0.455 e. The molecule has 0 unspecified atom stereocenters. The SMILES string of the molecule is COc1cc(F)ccc1[C@@H](N)C(F)(F)C(F)(F)F. The molecule has 0 heterocycles. The van der Waals surface area contributed by atoms with Gasteiger partial charge in [0, 0.05) is 11.6 Å². The zero-order chi connectivity index (χ0) is 14.1. The van der Waals surface area contributed by atoms with Crippen molar-refractivity contribution in [1.82, 2.24) is 0 Å². The van der Waals surface area contributed by atoms with E-state index in [1.807, 2.05) is 0 Å². The third-order valence-electron chi connectivity index (χ3n) is 2.30. The molecule has 0 aliphatic rings. The number of benzene rings is 1. The number of rotatable bonds is 3. The summed E-state index contributed by atoms with van der Waals surface area (Å²) in [6.45, 7) is 0. The maximum absolute atomic E-state index is 13.0. The first kappa shape index (κ1) is 14.6.